The minimum atomic E-state index is -0.937. The van der Waals surface area contributed by atoms with Crippen LogP contribution in [0.4, 0.5) is 25.1 Å². The number of halogens is 2. The molecule has 11 heteroatoms. The van der Waals surface area contributed by atoms with E-state index in [1.807, 2.05) is 11.8 Å². The highest BCUT2D eigenvalue weighted by Gasteiger charge is 2.22. The number of carboxylic acid groups (broad SMARTS) is 1. The van der Waals surface area contributed by atoms with Gasteiger partial charge in [-0.2, -0.15) is 0 Å². The molecule has 1 aromatic carbocycles. The number of piperazine rings is 1. The van der Waals surface area contributed by atoms with E-state index in [9.17, 15) is 23.2 Å². The molecule has 1 saturated heterocycles. The average Bonchev–Trinajstić information content (AvgIpc) is 2.78. The summed E-state index contributed by atoms with van der Waals surface area (Å²) in [7, 11) is 0. The minimum absolute atomic E-state index is 0.173. The van der Waals surface area contributed by atoms with E-state index in [4.69, 9.17) is 5.11 Å². The predicted molar refractivity (Wildman–Crippen MR) is 122 cm³/mol. The van der Waals surface area contributed by atoms with Gasteiger partial charge in [-0.05, 0) is 36.2 Å². The van der Waals surface area contributed by atoms with Crippen LogP contribution < -0.4 is 15.5 Å². The van der Waals surface area contributed by atoms with Crippen LogP contribution in [0.2, 0.25) is 0 Å². The lowest BCUT2D eigenvalue weighted by atomic mass is 10.1. The summed E-state index contributed by atoms with van der Waals surface area (Å²) in [6.45, 7) is 3.74. The Morgan fingerprint density at radius 1 is 1.09 bits per heavy atom. The number of aromatic nitrogens is 1. The van der Waals surface area contributed by atoms with Gasteiger partial charge in [0.25, 0.3) is 0 Å². The Kier molecular flexibility index (Phi) is 8.34. The van der Waals surface area contributed by atoms with Gasteiger partial charge < -0.3 is 25.5 Å². The summed E-state index contributed by atoms with van der Waals surface area (Å²) in [6.07, 6.45) is 1.40. The SMILES string of the molecule is CCCC(NC(=O)Cc1cc(F)cc(F)c1)C(=O)Nc1ccc(N2CCN(C(=O)O)CC2)cn1. The molecule has 182 valence electrons. The van der Waals surface area contributed by atoms with Crippen molar-refractivity contribution in [1.82, 2.24) is 15.2 Å². The molecule has 1 atom stereocenters. The number of nitrogens with one attached hydrogen (secondary N) is 2. The summed E-state index contributed by atoms with van der Waals surface area (Å²) in [6, 6.07) is 5.46. The molecule has 1 aromatic heterocycles. The van der Waals surface area contributed by atoms with Gasteiger partial charge in [-0.3, -0.25) is 9.59 Å². The van der Waals surface area contributed by atoms with E-state index in [1.54, 1.807) is 18.3 Å². The topological polar surface area (TPSA) is 115 Å². The summed E-state index contributed by atoms with van der Waals surface area (Å²) in [5.74, 6) is -2.22. The molecule has 1 aliphatic heterocycles. The molecule has 3 N–H and O–H groups in total. The van der Waals surface area contributed by atoms with Crippen molar-refractivity contribution in [2.24, 2.45) is 0 Å². The zero-order valence-electron chi connectivity index (χ0n) is 18.8. The molecule has 0 bridgehead atoms. The fourth-order valence-electron chi connectivity index (χ4n) is 3.72. The largest absolute Gasteiger partial charge is 0.465 e. The Labute approximate surface area is 195 Å². The number of anilines is 2. The van der Waals surface area contributed by atoms with Gasteiger partial charge in [-0.25, -0.2) is 18.6 Å². The highest BCUT2D eigenvalue weighted by molar-refractivity contribution is 5.96. The molecular formula is C23H27F2N5O4. The summed E-state index contributed by atoms with van der Waals surface area (Å²) < 4.78 is 26.7. The standard InChI is InChI=1S/C23H27F2N5O4/c1-2-3-19(27-21(31)12-15-10-16(24)13-17(25)11-15)22(32)28-20-5-4-18(14-26-20)29-6-8-30(9-7-29)23(33)34/h4-5,10-11,13-14,19H,2-3,6-9,12H2,1H3,(H,27,31)(H,33,34)(H,26,28,32). The lowest BCUT2D eigenvalue weighted by molar-refractivity contribution is -0.126. The predicted octanol–water partition coefficient (Wildman–Crippen LogP) is 2.63. The summed E-state index contributed by atoms with van der Waals surface area (Å²) in [5, 5.41) is 14.3. The average molecular weight is 475 g/mol. The van der Waals surface area contributed by atoms with Crippen molar-refractivity contribution in [2.45, 2.75) is 32.2 Å². The molecule has 3 amide bonds. The third-order valence-corrected chi connectivity index (χ3v) is 5.43. The van der Waals surface area contributed by atoms with Crippen molar-refractivity contribution in [2.75, 3.05) is 36.4 Å². The Bertz CT molecular complexity index is 1010. The highest BCUT2D eigenvalue weighted by atomic mass is 19.1. The Hall–Kier alpha value is -3.76. The van der Waals surface area contributed by atoms with Crippen LogP contribution >= 0.6 is 0 Å². The number of hydrogen-bond acceptors (Lipinski definition) is 5. The van der Waals surface area contributed by atoms with Crippen molar-refractivity contribution < 1.29 is 28.3 Å². The normalized spacial score (nSPS) is 14.4. The molecule has 9 nitrogen and oxygen atoms in total. The Morgan fingerprint density at radius 3 is 2.32 bits per heavy atom. The number of rotatable bonds is 8. The van der Waals surface area contributed by atoms with Gasteiger partial charge >= 0.3 is 6.09 Å². The molecular weight excluding hydrogens is 448 g/mol. The number of nitrogens with zero attached hydrogens (tertiary/aromatic N) is 3. The first-order valence-electron chi connectivity index (χ1n) is 11.0. The van der Waals surface area contributed by atoms with Gasteiger partial charge in [0.05, 0.1) is 18.3 Å². The Morgan fingerprint density at radius 2 is 1.76 bits per heavy atom. The van der Waals surface area contributed by atoms with Crippen LogP contribution in [0, 0.1) is 11.6 Å². The van der Waals surface area contributed by atoms with E-state index in [1.165, 1.54) is 4.90 Å². The van der Waals surface area contributed by atoms with E-state index in [-0.39, 0.29) is 12.0 Å². The first kappa shape index (κ1) is 24.9. The second-order valence-electron chi connectivity index (χ2n) is 8.01. The van der Waals surface area contributed by atoms with Crippen molar-refractivity contribution in [1.29, 1.82) is 0 Å². The molecule has 2 aromatic rings. The van der Waals surface area contributed by atoms with Crippen LogP contribution in [0.1, 0.15) is 25.3 Å². The maximum absolute atomic E-state index is 13.4. The maximum atomic E-state index is 13.4. The molecule has 1 fully saturated rings. The number of carbonyl (C=O) groups is 3. The van der Waals surface area contributed by atoms with Crippen LogP contribution in [-0.4, -0.2) is 65.1 Å². The molecule has 0 spiro atoms. The molecule has 34 heavy (non-hydrogen) atoms. The monoisotopic (exact) mass is 475 g/mol. The number of amides is 3. The zero-order valence-corrected chi connectivity index (χ0v) is 18.8. The fourth-order valence-corrected chi connectivity index (χ4v) is 3.72. The molecule has 2 heterocycles. The second kappa shape index (κ2) is 11.4. The van der Waals surface area contributed by atoms with Gasteiger partial charge in [-0.1, -0.05) is 13.3 Å². The summed E-state index contributed by atoms with van der Waals surface area (Å²) >= 11 is 0. The first-order chi connectivity index (χ1) is 16.2. The molecule has 0 aliphatic carbocycles. The third kappa shape index (κ3) is 6.87. The smallest absolute Gasteiger partial charge is 0.407 e. The van der Waals surface area contributed by atoms with E-state index < -0.39 is 35.6 Å². The number of benzene rings is 1. The van der Waals surface area contributed by atoms with Crippen LogP contribution in [0.5, 0.6) is 0 Å². The Balaban J connectivity index is 1.56. The van der Waals surface area contributed by atoms with Crippen molar-refractivity contribution in [3.63, 3.8) is 0 Å². The lowest BCUT2D eigenvalue weighted by Crippen LogP contribution is -2.48. The maximum Gasteiger partial charge on any atom is 0.407 e. The molecule has 1 unspecified atom stereocenters. The van der Waals surface area contributed by atoms with Crippen LogP contribution in [-0.2, 0) is 16.0 Å². The van der Waals surface area contributed by atoms with Crippen molar-refractivity contribution in [3.8, 4) is 0 Å². The molecule has 3 rings (SSSR count). The van der Waals surface area contributed by atoms with Crippen molar-refractivity contribution in [3.05, 3.63) is 53.7 Å². The van der Waals surface area contributed by atoms with Crippen LogP contribution in [0.3, 0.4) is 0 Å². The first-order valence-corrected chi connectivity index (χ1v) is 11.0. The van der Waals surface area contributed by atoms with Crippen LogP contribution in [0.15, 0.2) is 36.5 Å². The van der Waals surface area contributed by atoms with Gasteiger partial charge in [0, 0.05) is 32.2 Å². The number of carbonyl (C=O) groups excluding carboxylic acids is 2. The van der Waals surface area contributed by atoms with Gasteiger partial charge in [-0.15, -0.1) is 0 Å². The summed E-state index contributed by atoms with van der Waals surface area (Å²) in [5.41, 5.74) is 0.982. The van der Waals surface area contributed by atoms with E-state index in [0.717, 1.165) is 23.9 Å². The van der Waals surface area contributed by atoms with Gasteiger partial charge in [0.15, 0.2) is 0 Å². The van der Waals surface area contributed by atoms with Gasteiger partial charge in [0.1, 0.15) is 23.5 Å². The molecule has 1 aliphatic rings. The van der Waals surface area contributed by atoms with E-state index >= 15 is 0 Å². The number of pyridine rings is 1. The summed E-state index contributed by atoms with van der Waals surface area (Å²) in [4.78, 5) is 43.7. The molecule has 0 saturated carbocycles. The molecule has 0 radical (unpaired) electrons. The minimum Gasteiger partial charge on any atom is -0.465 e. The fraction of sp³-hybridized carbons (Fsp3) is 0.391. The number of hydrogen-bond donors (Lipinski definition) is 3. The highest BCUT2D eigenvalue weighted by Crippen LogP contribution is 2.18. The third-order valence-electron chi connectivity index (χ3n) is 5.43. The van der Waals surface area contributed by atoms with Crippen molar-refractivity contribution >= 4 is 29.4 Å². The second-order valence-corrected chi connectivity index (χ2v) is 8.01. The lowest BCUT2D eigenvalue weighted by Gasteiger charge is -2.34. The zero-order chi connectivity index (χ0) is 24.7. The van der Waals surface area contributed by atoms with E-state index in [2.05, 4.69) is 15.6 Å². The van der Waals surface area contributed by atoms with E-state index in [0.29, 0.717) is 44.8 Å². The quantitative estimate of drug-likeness (QED) is 0.541. The van der Waals surface area contributed by atoms with Crippen LogP contribution in [0.25, 0.3) is 0 Å². The van der Waals surface area contributed by atoms with Gasteiger partial charge in [0.2, 0.25) is 11.8 Å².